The third-order valence-electron chi connectivity index (χ3n) is 3.84. The summed E-state index contributed by atoms with van der Waals surface area (Å²) in [5.74, 6) is 0. The average Bonchev–Trinajstić information content (AvgIpc) is 2.34. The average molecular weight is 297 g/mol. The predicted molar refractivity (Wildman–Crippen MR) is 82.9 cm³/mol. The van der Waals surface area contributed by atoms with Gasteiger partial charge in [0.05, 0.1) is 5.69 Å². The van der Waals surface area contributed by atoms with E-state index in [2.05, 4.69) is 4.72 Å². The first-order valence-corrected chi connectivity index (χ1v) is 8.41. The van der Waals surface area contributed by atoms with E-state index in [1.54, 1.807) is 16.4 Å². The Labute approximate surface area is 121 Å². The summed E-state index contributed by atoms with van der Waals surface area (Å²) in [4.78, 5) is 0. The molecule has 1 aliphatic rings. The molecular weight excluding hydrogens is 274 g/mol. The summed E-state index contributed by atoms with van der Waals surface area (Å²) in [6.45, 7) is 6.27. The molecule has 1 heterocycles. The molecule has 6 heteroatoms. The second-order valence-electron chi connectivity index (χ2n) is 5.59. The molecule has 1 aliphatic heterocycles. The number of nitrogens with one attached hydrogen (secondary N) is 1. The lowest BCUT2D eigenvalue weighted by Crippen LogP contribution is -2.45. The van der Waals surface area contributed by atoms with Gasteiger partial charge in [0.25, 0.3) is 0 Å². The molecule has 1 saturated heterocycles. The first-order chi connectivity index (χ1) is 9.31. The van der Waals surface area contributed by atoms with E-state index in [9.17, 15) is 8.42 Å². The van der Waals surface area contributed by atoms with Crippen LogP contribution in [0.2, 0.25) is 0 Å². The predicted octanol–water partition coefficient (Wildman–Crippen LogP) is 2.42. The summed E-state index contributed by atoms with van der Waals surface area (Å²) in [7, 11) is -3.50. The number of aryl methyl sites for hydroxylation is 2. The van der Waals surface area contributed by atoms with Gasteiger partial charge >= 0.3 is 10.2 Å². The fraction of sp³-hybridized carbons (Fsp3) is 0.571. The molecule has 1 aromatic carbocycles. The molecule has 2 rings (SSSR count). The van der Waals surface area contributed by atoms with Gasteiger partial charge in [-0.25, -0.2) is 0 Å². The van der Waals surface area contributed by atoms with E-state index in [1.807, 2.05) is 20.8 Å². The van der Waals surface area contributed by atoms with Gasteiger partial charge < -0.3 is 5.73 Å². The van der Waals surface area contributed by atoms with Crippen LogP contribution in [0.3, 0.4) is 0 Å². The number of benzene rings is 1. The van der Waals surface area contributed by atoms with Crippen LogP contribution in [0.15, 0.2) is 12.1 Å². The van der Waals surface area contributed by atoms with E-state index in [0.717, 1.165) is 30.4 Å². The van der Waals surface area contributed by atoms with Crippen LogP contribution >= 0.6 is 0 Å². The van der Waals surface area contributed by atoms with Gasteiger partial charge in [-0.1, -0.05) is 6.42 Å². The molecule has 3 N–H and O–H groups in total. The molecule has 0 amide bonds. The van der Waals surface area contributed by atoms with E-state index >= 15 is 0 Å². The lowest BCUT2D eigenvalue weighted by Gasteiger charge is -2.32. The lowest BCUT2D eigenvalue weighted by atomic mass is 10.1. The Morgan fingerprint density at radius 2 is 1.85 bits per heavy atom. The van der Waals surface area contributed by atoms with Crippen molar-refractivity contribution >= 4 is 21.6 Å². The first-order valence-electron chi connectivity index (χ1n) is 6.97. The van der Waals surface area contributed by atoms with Crippen molar-refractivity contribution in [2.45, 2.75) is 46.1 Å². The van der Waals surface area contributed by atoms with Crippen molar-refractivity contribution in [3.63, 3.8) is 0 Å². The number of nitrogens with zero attached hydrogens (tertiary/aromatic N) is 1. The SMILES string of the molecule is Cc1cc(N)cc(C)c1NS(=O)(=O)N1CCCCC1C. The van der Waals surface area contributed by atoms with Crippen LogP contribution in [-0.2, 0) is 10.2 Å². The van der Waals surface area contributed by atoms with Crippen molar-refractivity contribution in [2.75, 3.05) is 17.0 Å². The van der Waals surface area contributed by atoms with Gasteiger partial charge in [-0.15, -0.1) is 0 Å². The lowest BCUT2D eigenvalue weighted by molar-refractivity contribution is 0.270. The first kappa shape index (κ1) is 15.1. The smallest absolute Gasteiger partial charge is 0.301 e. The third kappa shape index (κ3) is 3.07. The molecule has 0 aromatic heterocycles. The van der Waals surface area contributed by atoms with E-state index in [1.165, 1.54) is 0 Å². The molecule has 0 bridgehead atoms. The Hall–Kier alpha value is -1.27. The van der Waals surface area contributed by atoms with Gasteiger partial charge in [0.1, 0.15) is 0 Å². The zero-order chi connectivity index (χ0) is 14.9. The second-order valence-corrected chi connectivity index (χ2v) is 7.22. The van der Waals surface area contributed by atoms with Gasteiger partial charge in [0, 0.05) is 18.3 Å². The van der Waals surface area contributed by atoms with E-state index in [4.69, 9.17) is 5.73 Å². The minimum absolute atomic E-state index is 0.0515. The van der Waals surface area contributed by atoms with Crippen molar-refractivity contribution in [1.82, 2.24) is 4.31 Å². The number of rotatable bonds is 3. The molecular formula is C14H23N3O2S. The second kappa shape index (κ2) is 5.61. The Kier molecular flexibility index (Phi) is 4.25. The maximum Gasteiger partial charge on any atom is 0.301 e. The minimum Gasteiger partial charge on any atom is -0.399 e. The third-order valence-corrected chi connectivity index (χ3v) is 5.46. The van der Waals surface area contributed by atoms with Crippen LogP contribution in [0, 0.1) is 13.8 Å². The highest BCUT2D eigenvalue weighted by molar-refractivity contribution is 7.90. The molecule has 5 nitrogen and oxygen atoms in total. The van der Waals surface area contributed by atoms with Gasteiger partial charge in [0.15, 0.2) is 0 Å². The largest absolute Gasteiger partial charge is 0.399 e. The molecule has 0 spiro atoms. The number of hydrogen-bond donors (Lipinski definition) is 2. The van der Waals surface area contributed by atoms with Crippen LogP contribution in [0.4, 0.5) is 11.4 Å². The van der Waals surface area contributed by atoms with Gasteiger partial charge in [0.2, 0.25) is 0 Å². The van der Waals surface area contributed by atoms with Crippen LogP contribution < -0.4 is 10.5 Å². The molecule has 20 heavy (non-hydrogen) atoms. The topological polar surface area (TPSA) is 75.4 Å². The molecule has 0 aliphatic carbocycles. The van der Waals surface area contributed by atoms with Gasteiger partial charge in [-0.05, 0) is 56.9 Å². The molecule has 0 saturated carbocycles. The molecule has 0 radical (unpaired) electrons. The number of nitrogens with two attached hydrogens (primary N) is 1. The maximum absolute atomic E-state index is 12.5. The van der Waals surface area contributed by atoms with Crippen LogP contribution in [0.1, 0.15) is 37.3 Å². The number of nitrogen functional groups attached to an aromatic ring is 1. The highest BCUT2D eigenvalue weighted by atomic mass is 32.2. The van der Waals surface area contributed by atoms with E-state index in [0.29, 0.717) is 17.9 Å². The molecule has 1 aromatic rings. The van der Waals surface area contributed by atoms with Crippen molar-refractivity contribution < 1.29 is 8.42 Å². The quantitative estimate of drug-likeness (QED) is 0.841. The van der Waals surface area contributed by atoms with Crippen molar-refractivity contribution in [3.05, 3.63) is 23.3 Å². The van der Waals surface area contributed by atoms with Gasteiger partial charge in [-0.2, -0.15) is 12.7 Å². The van der Waals surface area contributed by atoms with Crippen LogP contribution in [-0.4, -0.2) is 25.3 Å². The van der Waals surface area contributed by atoms with E-state index < -0.39 is 10.2 Å². The molecule has 1 unspecified atom stereocenters. The number of hydrogen-bond acceptors (Lipinski definition) is 3. The summed E-state index contributed by atoms with van der Waals surface area (Å²) >= 11 is 0. The Balaban J connectivity index is 2.29. The fourth-order valence-electron chi connectivity index (χ4n) is 2.77. The summed E-state index contributed by atoms with van der Waals surface area (Å²) in [5.41, 5.74) is 8.74. The fourth-order valence-corrected chi connectivity index (χ4v) is 4.42. The van der Waals surface area contributed by atoms with Crippen molar-refractivity contribution in [1.29, 1.82) is 0 Å². The zero-order valence-electron chi connectivity index (χ0n) is 12.3. The summed E-state index contributed by atoms with van der Waals surface area (Å²) in [5, 5.41) is 0. The maximum atomic E-state index is 12.5. The number of anilines is 2. The highest BCUT2D eigenvalue weighted by Gasteiger charge is 2.30. The Morgan fingerprint density at radius 3 is 2.40 bits per heavy atom. The normalized spacial score (nSPS) is 20.9. The van der Waals surface area contributed by atoms with Crippen LogP contribution in [0.25, 0.3) is 0 Å². The summed E-state index contributed by atoms with van der Waals surface area (Å²) in [6, 6.07) is 3.62. The summed E-state index contributed by atoms with van der Waals surface area (Å²) in [6.07, 6.45) is 2.93. The van der Waals surface area contributed by atoms with Gasteiger partial charge in [-0.3, -0.25) is 4.72 Å². The molecule has 1 fully saturated rings. The monoisotopic (exact) mass is 297 g/mol. The van der Waals surface area contributed by atoms with Crippen molar-refractivity contribution in [2.24, 2.45) is 0 Å². The molecule has 1 atom stereocenters. The molecule has 112 valence electrons. The zero-order valence-corrected chi connectivity index (χ0v) is 13.1. The highest BCUT2D eigenvalue weighted by Crippen LogP contribution is 2.27. The Bertz CT molecular complexity index is 575. The number of piperidine rings is 1. The Morgan fingerprint density at radius 1 is 1.25 bits per heavy atom. The summed E-state index contributed by atoms with van der Waals surface area (Å²) < 4.78 is 29.4. The van der Waals surface area contributed by atoms with Crippen LogP contribution in [0.5, 0.6) is 0 Å². The van der Waals surface area contributed by atoms with E-state index in [-0.39, 0.29) is 6.04 Å². The van der Waals surface area contributed by atoms with Crippen molar-refractivity contribution in [3.8, 4) is 0 Å². The minimum atomic E-state index is -3.50. The standard InChI is InChI=1S/C14H23N3O2S/c1-10-8-13(15)9-11(2)14(10)16-20(18,19)17-7-5-4-6-12(17)3/h8-9,12,16H,4-7,15H2,1-3H3.